The lowest BCUT2D eigenvalue weighted by atomic mass is 9.90. The van der Waals surface area contributed by atoms with E-state index >= 15 is 0 Å². The molecule has 0 fully saturated rings. The molecule has 4 rings (SSSR count). The zero-order valence-corrected chi connectivity index (χ0v) is 19.7. The zero-order valence-electron chi connectivity index (χ0n) is 19.7. The van der Waals surface area contributed by atoms with Crippen LogP contribution in [0.15, 0.2) is 76.7 Å². The number of amides is 1. The van der Waals surface area contributed by atoms with Gasteiger partial charge in [-0.25, -0.2) is 4.99 Å². The Morgan fingerprint density at radius 2 is 1.53 bits per heavy atom. The molecule has 3 aromatic rings. The first kappa shape index (κ1) is 23.0. The van der Waals surface area contributed by atoms with Gasteiger partial charge in [0.05, 0.1) is 38.6 Å². The van der Waals surface area contributed by atoms with Gasteiger partial charge in [0.25, 0.3) is 5.91 Å². The molecule has 1 amide bonds. The van der Waals surface area contributed by atoms with Crippen molar-refractivity contribution in [2.45, 2.75) is 19.3 Å². The van der Waals surface area contributed by atoms with Crippen molar-refractivity contribution in [1.82, 2.24) is 5.32 Å². The Morgan fingerprint density at radius 3 is 2.15 bits per heavy atom. The normalized spacial score (nSPS) is 14.8. The maximum atomic E-state index is 13.2. The molecule has 0 aliphatic carbocycles. The number of hydrogen-bond donors (Lipinski definition) is 1. The quantitative estimate of drug-likeness (QED) is 0.533. The minimum Gasteiger partial charge on any atom is -0.497 e. The topological polar surface area (TPSA) is 81.5 Å². The summed E-state index contributed by atoms with van der Waals surface area (Å²) in [7, 11) is 4.78. The molecule has 0 radical (unpaired) electrons. The molecule has 1 aliphatic heterocycles. The fourth-order valence-corrected chi connectivity index (χ4v) is 3.92. The Hall–Kier alpha value is -4.13. The average molecular weight is 458 g/mol. The van der Waals surface area contributed by atoms with Crippen LogP contribution in [-0.4, -0.2) is 38.8 Å². The van der Waals surface area contributed by atoms with Crippen molar-refractivity contribution in [2.75, 3.05) is 21.3 Å². The van der Waals surface area contributed by atoms with E-state index in [-0.39, 0.29) is 11.8 Å². The van der Waals surface area contributed by atoms with Crippen molar-refractivity contribution >= 4 is 28.8 Å². The third-order valence-electron chi connectivity index (χ3n) is 5.69. The molecule has 1 atom stereocenters. The highest BCUT2D eigenvalue weighted by atomic mass is 16.5. The minimum atomic E-state index is -0.376. The van der Waals surface area contributed by atoms with Crippen LogP contribution in [0.3, 0.4) is 0 Å². The van der Waals surface area contributed by atoms with Gasteiger partial charge < -0.3 is 19.5 Å². The third-order valence-corrected chi connectivity index (χ3v) is 5.69. The summed E-state index contributed by atoms with van der Waals surface area (Å²) in [5.74, 6) is 1.76. The van der Waals surface area contributed by atoms with Crippen molar-refractivity contribution in [3.63, 3.8) is 0 Å². The van der Waals surface area contributed by atoms with Crippen molar-refractivity contribution < 1.29 is 19.0 Å². The predicted octanol–water partition coefficient (Wildman–Crippen LogP) is 5.45. The smallest absolute Gasteiger partial charge is 0.256 e. The first-order valence-corrected chi connectivity index (χ1v) is 11.0. The Balaban J connectivity index is 1.81. The first-order valence-electron chi connectivity index (χ1n) is 11.0. The summed E-state index contributed by atoms with van der Waals surface area (Å²) >= 11 is 0. The first-order chi connectivity index (χ1) is 16.6. The molecule has 7 heteroatoms. The lowest BCUT2D eigenvalue weighted by Crippen LogP contribution is -2.37. The maximum Gasteiger partial charge on any atom is 0.256 e. The van der Waals surface area contributed by atoms with E-state index in [0.717, 1.165) is 17.0 Å². The van der Waals surface area contributed by atoms with E-state index in [0.29, 0.717) is 40.8 Å². The standard InChI is InChI=1S/C27H27N3O4/c1-5-20-25(18-12-15-23(33-3)24(16-18)34-4)26(29-22-9-7-6-8-21(22)28-20)30-27(31)17-10-13-19(32-2)14-11-17/h6-16,25H,5H2,1-4H3,(H,29,30,31). The minimum absolute atomic E-state index is 0.262. The molecular formula is C27H27N3O4. The molecule has 7 nitrogen and oxygen atoms in total. The van der Waals surface area contributed by atoms with Crippen LogP contribution < -0.4 is 19.5 Å². The van der Waals surface area contributed by atoms with Gasteiger partial charge in [-0.05, 0) is 60.5 Å². The van der Waals surface area contributed by atoms with E-state index < -0.39 is 0 Å². The Labute approximate surface area is 199 Å². The van der Waals surface area contributed by atoms with Gasteiger partial charge in [-0.2, -0.15) is 0 Å². The molecule has 1 unspecified atom stereocenters. The van der Waals surface area contributed by atoms with Crippen LogP contribution >= 0.6 is 0 Å². The summed E-state index contributed by atoms with van der Waals surface area (Å²) < 4.78 is 16.1. The number of hydrogen-bond acceptors (Lipinski definition) is 6. The van der Waals surface area contributed by atoms with Crippen molar-refractivity contribution in [1.29, 1.82) is 0 Å². The van der Waals surface area contributed by atoms with Crippen LogP contribution in [0.1, 0.15) is 35.2 Å². The highest BCUT2D eigenvalue weighted by molar-refractivity contribution is 6.19. The predicted molar refractivity (Wildman–Crippen MR) is 134 cm³/mol. The molecule has 1 heterocycles. The summed E-state index contributed by atoms with van der Waals surface area (Å²) in [5.41, 5.74) is 3.73. The van der Waals surface area contributed by atoms with Gasteiger partial charge in [-0.15, -0.1) is 0 Å². The molecule has 1 aliphatic rings. The van der Waals surface area contributed by atoms with E-state index in [9.17, 15) is 4.79 Å². The molecule has 0 bridgehead atoms. The highest BCUT2D eigenvalue weighted by Crippen LogP contribution is 2.37. The van der Waals surface area contributed by atoms with E-state index in [1.54, 1.807) is 45.6 Å². The molecule has 0 saturated carbocycles. The molecule has 0 saturated heterocycles. The molecule has 0 spiro atoms. The number of amidine groups is 1. The maximum absolute atomic E-state index is 13.2. The summed E-state index contributed by atoms with van der Waals surface area (Å²) in [6.45, 7) is 2.05. The lowest BCUT2D eigenvalue weighted by Gasteiger charge is -2.22. The van der Waals surface area contributed by atoms with Crippen LogP contribution in [0.25, 0.3) is 0 Å². The van der Waals surface area contributed by atoms with Crippen molar-refractivity contribution in [3.05, 3.63) is 77.9 Å². The summed E-state index contributed by atoms with van der Waals surface area (Å²) in [6, 6.07) is 20.3. The molecule has 34 heavy (non-hydrogen) atoms. The van der Waals surface area contributed by atoms with Crippen LogP contribution in [0.4, 0.5) is 11.4 Å². The van der Waals surface area contributed by atoms with Crippen molar-refractivity contribution in [2.24, 2.45) is 9.98 Å². The second kappa shape index (κ2) is 10.2. The van der Waals surface area contributed by atoms with E-state index in [1.807, 2.05) is 49.4 Å². The summed E-state index contributed by atoms with van der Waals surface area (Å²) in [5, 5.41) is 3.05. The number of aliphatic imine (C=N–C) groups is 2. The third kappa shape index (κ3) is 4.64. The highest BCUT2D eigenvalue weighted by Gasteiger charge is 2.29. The number of para-hydroxylation sites is 2. The van der Waals surface area contributed by atoms with Gasteiger partial charge >= 0.3 is 0 Å². The Bertz CT molecular complexity index is 1250. The summed E-state index contributed by atoms with van der Waals surface area (Å²) in [6.07, 6.45) is 0.671. The van der Waals surface area contributed by atoms with Crippen LogP contribution in [0.5, 0.6) is 17.2 Å². The largest absolute Gasteiger partial charge is 0.497 e. The number of fused-ring (bicyclic) bond motifs is 1. The second-order valence-electron chi connectivity index (χ2n) is 7.67. The Morgan fingerprint density at radius 1 is 0.853 bits per heavy atom. The second-order valence-corrected chi connectivity index (χ2v) is 7.67. The van der Waals surface area contributed by atoms with E-state index in [4.69, 9.17) is 24.2 Å². The fourth-order valence-electron chi connectivity index (χ4n) is 3.92. The van der Waals surface area contributed by atoms with Gasteiger partial charge in [0.1, 0.15) is 11.6 Å². The molecule has 0 aromatic heterocycles. The SMILES string of the molecule is CCC1=Nc2ccccc2N=C(NC(=O)c2ccc(OC)cc2)C1c1ccc(OC)c(OC)c1. The van der Waals surface area contributed by atoms with Gasteiger partial charge in [-0.3, -0.25) is 9.79 Å². The van der Waals surface area contributed by atoms with E-state index in [1.165, 1.54) is 0 Å². The molecular weight excluding hydrogens is 430 g/mol. The van der Waals surface area contributed by atoms with Crippen molar-refractivity contribution in [3.8, 4) is 17.2 Å². The number of benzene rings is 3. The van der Waals surface area contributed by atoms with Crippen LogP contribution in [-0.2, 0) is 0 Å². The number of ether oxygens (including phenoxy) is 3. The monoisotopic (exact) mass is 457 g/mol. The zero-order chi connectivity index (χ0) is 24.1. The number of carbonyl (C=O) groups is 1. The van der Waals surface area contributed by atoms with Crippen LogP contribution in [0.2, 0.25) is 0 Å². The van der Waals surface area contributed by atoms with Gasteiger partial charge in [0, 0.05) is 11.3 Å². The van der Waals surface area contributed by atoms with Gasteiger partial charge in [0.2, 0.25) is 0 Å². The number of carbonyl (C=O) groups excluding carboxylic acids is 1. The number of rotatable bonds is 6. The number of methoxy groups -OCH3 is 3. The molecule has 1 N–H and O–H groups in total. The fraction of sp³-hybridized carbons (Fsp3) is 0.222. The van der Waals surface area contributed by atoms with Crippen LogP contribution in [0, 0.1) is 0 Å². The molecule has 3 aromatic carbocycles. The van der Waals surface area contributed by atoms with Gasteiger partial charge in [0.15, 0.2) is 11.5 Å². The van der Waals surface area contributed by atoms with Gasteiger partial charge in [-0.1, -0.05) is 25.1 Å². The lowest BCUT2D eigenvalue weighted by molar-refractivity contribution is 0.0976. The Kier molecular flexibility index (Phi) is 6.92. The molecule has 174 valence electrons. The number of nitrogens with zero attached hydrogens (tertiary/aromatic N) is 2. The number of nitrogens with one attached hydrogen (secondary N) is 1. The average Bonchev–Trinajstić information content (AvgIpc) is 3.04. The van der Waals surface area contributed by atoms with E-state index in [2.05, 4.69) is 5.32 Å². The summed E-state index contributed by atoms with van der Waals surface area (Å²) in [4.78, 5) is 23.0.